The third-order valence-corrected chi connectivity index (χ3v) is 6.17. The van der Waals surface area contributed by atoms with E-state index < -0.39 is 0 Å². The molecular weight excluding hydrogens is 481 g/mol. The van der Waals surface area contributed by atoms with Crippen LogP contribution in [0.15, 0.2) is 53.0 Å². The summed E-state index contributed by atoms with van der Waals surface area (Å²) in [4.78, 5) is 10.2. The van der Waals surface area contributed by atoms with E-state index in [1.165, 1.54) is 21.5 Å². The van der Waals surface area contributed by atoms with Crippen molar-refractivity contribution in [3.63, 3.8) is 0 Å². The number of piperidine rings is 1. The molecule has 1 aromatic carbocycles. The van der Waals surface area contributed by atoms with Gasteiger partial charge >= 0.3 is 0 Å². The Kier molecular flexibility index (Phi) is 7.61. The van der Waals surface area contributed by atoms with Crippen molar-refractivity contribution in [2.45, 2.75) is 25.3 Å². The predicted molar refractivity (Wildman–Crippen MR) is 131 cm³/mol. The number of nitrogens with one attached hydrogen (secondary N) is 3. The number of guanidine groups is 1. The van der Waals surface area contributed by atoms with E-state index in [-0.39, 0.29) is 24.0 Å². The zero-order valence-corrected chi connectivity index (χ0v) is 19.3. The van der Waals surface area contributed by atoms with Crippen molar-refractivity contribution in [1.82, 2.24) is 15.6 Å². The Morgan fingerprint density at radius 1 is 1.21 bits per heavy atom. The van der Waals surface area contributed by atoms with Crippen molar-refractivity contribution in [3.05, 3.63) is 53.5 Å². The Morgan fingerprint density at radius 2 is 2.04 bits per heavy atom. The van der Waals surface area contributed by atoms with Crippen molar-refractivity contribution in [2.24, 2.45) is 4.99 Å². The van der Waals surface area contributed by atoms with E-state index >= 15 is 0 Å². The van der Waals surface area contributed by atoms with Gasteiger partial charge in [0.1, 0.15) is 0 Å². The first-order valence-electron chi connectivity index (χ1n) is 9.64. The average Bonchev–Trinajstić information content (AvgIpc) is 3.38. The van der Waals surface area contributed by atoms with Crippen LogP contribution in [0.4, 0.5) is 5.00 Å². The normalized spacial score (nSPS) is 15.5. The van der Waals surface area contributed by atoms with Gasteiger partial charge in [-0.2, -0.15) is 0 Å². The molecule has 2 aromatic heterocycles. The van der Waals surface area contributed by atoms with Crippen LogP contribution in [0.1, 0.15) is 18.4 Å². The van der Waals surface area contributed by atoms with Crippen molar-refractivity contribution in [1.29, 1.82) is 0 Å². The summed E-state index contributed by atoms with van der Waals surface area (Å²) in [6.45, 7) is 3.07. The Labute approximate surface area is 187 Å². The van der Waals surface area contributed by atoms with E-state index in [0.29, 0.717) is 6.04 Å². The second-order valence-electron chi connectivity index (χ2n) is 6.97. The fourth-order valence-corrected chi connectivity index (χ4v) is 4.52. The van der Waals surface area contributed by atoms with Gasteiger partial charge in [0.2, 0.25) is 0 Å². The summed E-state index contributed by atoms with van der Waals surface area (Å²) in [5.41, 5.74) is 2.55. The first-order valence-corrected chi connectivity index (χ1v) is 10.5. The van der Waals surface area contributed by atoms with Gasteiger partial charge < -0.3 is 20.5 Å². The number of benzene rings is 1. The molecule has 0 atom stereocenters. The monoisotopic (exact) mass is 509 g/mol. The van der Waals surface area contributed by atoms with Gasteiger partial charge in [0, 0.05) is 49.8 Å². The lowest BCUT2D eigenvalue weighted by molar-refractivity contribution is 0.463. The summed E-state index contributed by atoms with van der Waals surface area (Å²) < 4.78 is 0. The molecule has 1 fully saturated rings. The zero-order chi connectivity index (χ0) is 18.5. The fourth-order valence-electron chi connectivity index (χ4n) is 3.74. The van der Waals surface area contributed by atoms with Gasteiger partial charge in [0.15, 0.2) is 5.96 Å². The van der Waals surface area contributed by atoms with Gasteiger partial charge in [0.05, 0.1) is 5.00 Å². The number of rotatable bonds is 5. The fraction of sp³-hybridized carbons (Fsp3) is 0.381. The van der Waals surface area contributed by atoms with Crippen molar-refractivity contribution in [3.8, 4) is 0 Å². The minimum Gasteiger partial charge on any atom is -0.363 e. The maximum absolute atomic E-state index is 4.41. The predicted octanol–water partition coefficient (Wildman–Crippen LogP) is 4.22. The number of fused-ring (bicyclic) bond motifs is 1. The lowest BCUT2D eigenvalue weighted by atomic mass is 10.1. The van der Waals surface area contributed by atoms with Crippen LogP contribution in [0.5, 0.6) is 0 Å². The highest BCUT2D eigenvalue weighted by Crippen LogP contribution is 2.24. The number of aromatic amines is 1. The highest BCUT2D eigenvalue weighted by molar-refractivity contribution is 14.0. The summed E-state index contributed by atoms with van der Waals surface area (Å²) in [6, 6.07) is 13.3. The molecule has 0 saturated carbocycles. The molecule has 3 aromatic rings. The van der Waals surface area contributed by atoms with Gasteiger partial charge in [-0.3, -0.25) is 4.99 Å². The highest BCUT2D eigenvalue weighted by atomic mass is 127. The number of aromatic nitrogens is 1. The minimum absolute atomic E-state index is 0. The summed E-state index contributed by atoms with van der Waals surface area (Å²) in [7, 11) is 1.85. The van der Waals surface area contributed by atoms with Crippen LogP contribution in [-0.4, -0.2) is 43.7 Å². The Morgan fingerprint density at radius 3 is 2.79 bits per heavy atom. The molecule has 1 aliphatic heterocycles. The van der Waals surface area contributed by atoms with Crippen LogP contribution in [0, 0.1) is 0 Å². The summed E-state index contributed by atoms with van der Waals surface area (Å²) in [5.74, 6) is 0.907. The largest absolute Gasteiger partial charge is 0.363 e. The van der Waals surface area contributed by atoms with Crippen LogP contribution >= 0.6 is 35.3 Å². The number of anilines is 1. The molecule has 3 heterocycles. The van der Waals surface area contributed by atoms with E-state index in [1.54, 1.807) is 0 Å². The van der Waals surface area contributed by atoms with Crippen LogP contribution in [0.25, 0.3) is 10.9 Å². The molecule has 3 N–H and O–H groups in total. The SMILES string of the molecule is CN=C(NCCc1c[nH]c2ccccc12)NC1CCN(c2cccs2)CC1.I. The smallest absolute Gasteiger partial charge is 0.191 e. The van der Waals surface area contributed by atoms with E-state index in [0.717, 1.165) is 44.9 Å². The lowest BCUT2D eigenvalue weighted by Gasteiger charge is -2.33. The summed E-state index contributed by atoms with van der Waals surface area (Å²) in [5, 5.41) is 11.9. The molecule has 4 rings (SSSR count). The van der Waals surface area contributed by atoms with Gasteiger partial charge in [-0.15, -0.1) is 35.3 Å². The Bertz CT molecular complexity index is 881. The molecule has 0 aliphatic carbocycles. The summed E-state index contributed by atoms with van der Waals surface area (Å²) >= 11 is 1.83. The van der Waals surface area contributed by atoms with Crippen molar-refractivity contribution >= 4 is 57.2 Å². The molecule has 0 amide bonds. The number of para-hydroxylation sites is 1. The number of halogens is 1. The number of nitrogens with zero attached hydrogens (tertiary/aromatic N) is 2. The number of aliphatic imine (C=N–C) groups is 1. The van der Waals surface area contributed by atoms with E-state index in [4.69, 9.17) is 0 Å². The topological polar surface area (TPSA) is 55.5 Å². The number of hydrogen-bond acceptors (Lipinski definition) is 3. The molecule has 0 unspecified atom stereocenters. The average molecular weight is 509 g/mol. The molecule has 0 radical (unpaired) electrons. The second kappa shape index (κ2) is 10.2. The summed E-state index contributed by atoms with van der Waals surface area (Å²) in [6.07, 6.45) is 5.37. The van der Waals surface area contributed by atoms with E-state index in [2.05, 4.69) is 73.5 Å². The first kappa shape index (κ1) is 21.0. The maximum atomic E-state index is 4.41. The van der Waals surface area contributed by atoms with Crippen LogP contribution in [0.2, 0.25) is 0 Å². The van der Waals surface area contributed by atoms with Gasteiger partial charge in [-0.25, -0.2) is 0 Å². The molecule has 5 nitrogen and oxygen atoms in total. The van der Waals surface area contributed by atoms with E-state index in [1.807, 2.05) is 18.4 Å². The van der Waals surface area contributed by atoms with Crippen LogP contribution < -0.4 is 15.5 Å². The third kappa shape index (κ3) is 5.00. The first-order chi connectivity index (χ1) is 13.3. The molecule has 0 bridgehead atoms. The molecule has 7 heteroatoms. The Balaban J connectivity index is 0.00000225. The second-order valence-corrected chi connectivity index (χ2v) is 7.89. The number of thiophene rings is 1. The van der Waals surface area contributed by atoms with E-state index in [9.17, 15) is 0 Å². The number of H-pyrrole nitrogens is 1. The van der Waals surface area contributed by atoms with Gasteiger partial charge in [0.25, 0.3) is 0 Å². The minimum atomic E-state index is 0. The Hall–Kier alpha value is -1.74. The highest BCUT2D eigenvalue weighted by Gasteiger charge is 2.20. The molecule has 1 aliphatic rings. The van der Waals surface area contributed by atoms with Crippen LogP contribution in [0.3, 0.4) is 0 Å². The molecule has 1 saturated heterocycles. The van der Waals surface area contributed by atoms with Gasteiger partial charge in [-0.05, 0) is 48.4 Å². The molecular formula is C21H28IN5S. The maximum Gasteiger partial charge on any atom is 0.191 e. The number of hydrogen-bond donors (Lipinski definition) is 3. The zero-order valence-electron chi connectivity index (χ0n) is 16.1. The molecule has 0 spiro atoms. The molecule has 150 valence electrons. The van der Waals surface area contributed by atoms with Gasteiger partial charge in [-0.1, -0.05) is 18.2 Å². The standard InChI is InChI=1S/C21H27N5S.HI/c1-22-21(23-11-8-16-15-24-19-6-3-2-5-18(16)19)25-17-9-12-26(13-10-17)20-7-4-14-27-20;/h2-7,14-15,17,24H,8-13H2,1H3,(H2,22,23,25);1H. The van der Waals surface area contributed by atoms with Crippen LogP contribution in [-0.2, 0) is 6.42 Å². The molecule has 28 heavy (non-hydrogen) atoms. The third-order valence-electron chi connectivity index (χ3n) is 5.24. The lowest BCUT2D eigenvalue weighted by Crippen LogP contribution is -2.49. The quantitative estimate of drug-likeness (QED) is 0.274. The van der Waals surface area contributed by atoms with Crippen molar-refractivity contribution < 1.29 is 0 Å². The van der Waals surface area contributed by atoms with Crippen molar-refractivity contribution in [2.75, 3.05) is 31.6 Å².